The molecule has 2 aliphatic rings. The summed E-state index contributed by atoms with van der Waals surface area (Å²) in [5, 5.41) is 13.4. The maximum absolute atomic E-state index is 12.7. The van der Waals surface area contributed by atoms with Crippen LogP contribution in [0.3, 0.4) is 0 Å². The quantitative estimate of drug-likeness (QED) is 0.828. The van der Waals surface area contributed by atoms with Crippen molar-refractivity contribution in [3.05, 3.63) is 35.9 Å². The zero-order valence-corrected chi connectivity index (χ0v) is 14.0. The molecule has 2 fully saturated rings. The van der Waals surface area contributed by atoms with Gasteiger partial charge in [-0.25, -0.2) is 0 Å². The van der Waals surface area contributed by atoms with Gasteiger partial charge in [0.15, 0.2) is 0 Å². The Labute approximate surface area is 142 Å². The lowest BCUT2D eigenvalue weighted by Crippen LogP contribution is -2.53. The average molecular weight is 331 g/mol. The molecule has 1 aliphatic heterocycles. The molecule has 0 spiro atoms. The second-order valence-electron chi connectivity index (χ2n) is 6.75. The maximum atomic E-state index is 12.7. The third kappa shape index (κ3) is 3.60. The minimum atomic E-state index is -0.684. The summed E-state index contributed by atoms with van der Waals surface area (Å²) in [4.78, 5) is 27.8. The van der Waals surface area contributed by atoms with Crippen LogP contribution in [0.4, 0.5) is 0 Å². The molecule has 6 heteroatoms. The zero-order valence-electron chi connectivity index (χ0n) is 14.0. The van der Waals surface area contributed by atoms with Crippen molar-refractivity contribution in [1.82, 2.24) is 15.1 Å². The fourth-order valence-corrected chi connectivity index (χ4v) is 3.76. The first-order valence-electron chi connectivity index (χ1n) is 8.54. The van der Waals surface area contributed by atoms with E-state index in [0.29, 0.717) is 19.5 Å². The number of piperazine rings is 1. The first-order valence-corrected chi connectivity index (χ1v) is 8.54. The number of aliphatic hydroxyl groups is 1. The highest BCUT2D eigenvalue weighted by Gasteiger charge is 2.43. The number of amides is 2. The molecule has 1 aromatic carbocycles. The number of carbonyl (C=O) groups excluding carboxylic acids is 2. The van der Waals surface area contributed by atoms with Crippen LogP contribution in [-0.2, 0) is 16.1 Å². The largest absolute Gasteiger partial charge is 0.391 e. The smallest absolute Gasteiger partial charge is 0.239 e. The number of rotatable bonds is 4. The van der Waals surface area contributed by atoms with Crippen LogP contribution in [0.15, 0.2) is 30.3 Å². The minimum absolute atomic E-state index is 0.0298. The summed E-state index contributed by atoms with van der Waals surface area (Å²) in [5.74, 6) is -0.619. The molecule has 130 valence electrons. The minimum Gasteiger partial charge on any atom is -0.391 e. The summed E-state index contributed by atoms with van der Waals surface area (Å²) in [7, 11) is 1.99. The molecule has 0 radical (unpaired) electrons. The van der Waals surface area contributed by atoms with Crippen molar-refractivity contribution in [2.75, 3.05) is 26.7 Å². The van der Waals surface area contributed by atoms with Crippen LogP contribution in [0.25, 0.3) is 0 Å². The van der Waals surface area contributed by atoms with Gasteiger partial charge in [0.25, 0.3) is 0 Å². The number of hydrogen-bond acceptors (Lipinski definition) is 4. The van der Waals surface area contributed by atoms with Gasteiger partial charge >= 0.3 is 0 Å². The standard InChI is InChI=1S/C18H25N3O3/c1-20(11-13-5-3-2-4-6-13)15-8-7-14(17(15)23)18(24)21-10-9-19-16(22)12-21/h2-6,14-15,17,23H,7-12H2,1H3,(H,19,22)/t14-,15-,17+/m1/s1. The van der Waals surface area contributed by atoms with E-state index in [1.165, 1.54) is 5.56 Å². The van der Waals surface area contributed by atoms with Crippen LogP contribution in [0.2, 0.25) is 0 Å². The Morgan fingerprint density at radius 2 is 2.08 bits per heavy atom. The Balaban J connectivity index is 1.60. The van der Waals surface area contributed by atoms with Gasteiger partial charge in [0.1, 0.15) is 0 Å². The molecule has 1 saturated carbocycles. The van der Waals surface area contributed by atoms with Crippen molar-refractivity contribution >= 4 is 11.8 Å². The second-order valence-corrected chi connectivity index (χ2v) is 6.75. The number of nitrogens with zero attached hydrogens (tertiary/aromatic N) is 2. The summed E-state index contributed by atoms with van der Waals surface area (Å²) < 4.78 is 0. The number of benzene rings is 1. The van der Waals surface area contributed by atoms with E-state index in [0.717, 1.165) is 13.0 Å². The summed E-state index contributed by atoms with van der Waals surface area (Å²) in [5.41, 5.74) is 1.19. The van der Waals surface area contributed by atoms with Gasteiger partial charge in [0.05, 0.1) is 18.6 Å². The van der Waals surface area contributed by atoms with E-state index in [4.69, 9.17) is 0 Å². The lowest BCUT2D eigenvalue weighted by molar-refractivity contribution is -0.144. The predicted octanol–water partition coefficient (Wildman–Crippen LogP) is 0.216. The molecule has 24 heavy (non-hydrogen) atoms. The van der Waals surface area contributed by atoms with Gasteiger partial charge in [0.2, 0.25) is 11.8 Å². The second kappa shape index (κ2) is 7.32. The van der Waals surface area contributed by atoms with Crippen LogP contribution in [0.1, 0.15) is 18.4 Å². The number of likely N-dealkylation sites (N-methyl/N-ethyl adjacent to an activating group) is 1. The molecule has 6 nitrogen and oxygen atoms in total. The van der Waals surface area contributed by atoms with E-state index < -0.39 is 12.0 Å². The van der Waals surface area contributed by atoms with E-state index in [9.17, 15) is 14.7 Å². The van der Waals surface area contributed by atoms with Crippen LogP contribution in [0, 0.1) is 5.92 Å². The monoisotopic (exact) mass is 331 g/mol. The van der Waals surface area contributed by atoms with Gasteiger partial charge in [-0.1, -0.05) is 30.3 Å². The van der Waals surface area contributed by atoms with Crippen molar-refractivity contribution in [3.63, 3.8) is 0 Å². The van der Waals surface area contributed by atoms with Crippen LogP contribution in [0.5, 0.6) is 0 Å². The van der Waals surface area contributed by atoms with Gasteiger partial charge in [-0.05, 0) is 25.5 Å². The van der Waals surface area contributed by atoms with Crippen molar-refractivity contribution in [3.8, 4) is 0 Å². The highest BCUT2D eigenvalue weighted by Crippen LogP contribution is 2.31. The summed E-state index contributed by atoms with van der Waals surface area (Å²) in [6.07, 6.45) is 0.777. The molecule has 0 aromatic heterocycles. The number of hydrogen-bond donors (Lipinski definition) is 2. The fourth-order valence-electron chi connectivity index (χ4n) is 3.76. The normalized spacial score (nSPS) is 27.4. The number of carbonyl (C=O) groups is 2. The van der Waals surface area contributed by atoms with E-state index in [-0.39, 0.29) is 24.4 Å². The van der Waals surface area contributed by atoms with E-state index in [1.54, 1.807) is 4.90 Å². The Morgan fingerprint density at radius 1 is 1.33 bits per heavy atom. The van der Waals surface area contributed by atoms with E-state index in [2.05, 4.69) is 22.3 Å². The SMILES string of the molecule is CN(Cc1ccccc1)[C@@H]1CC[C@@H](C(=O)N2CCNC(=O)C2)[C@@H]1O. The Bertz CT molecular complexity index is 592. The number of aliphatic hydroxyl groups excluding tert-OH is 1. The van der Waals surface area contributed by atoms with Crippen molar-refractivity contribution in [1.29, 1.82) is 0 Å². The van der Waals surface area contributed by atoms with Crippen LogP contribution >= 0.6 is 0 Å². The molecule has 1 saturated heterocycles. The average Bonchev–Trinajstić information content (AvgIpc) is 2.97. The summed E-state index contributed by atoms with van der Waals surface area (Å²) >= 11 is 0. The third-order valence-corrected chi connectivity index (χ3v) is 5.09. The van der Waals surface area contributed by atoms with Gasteiger partial charge in [-0.15, -0.1) is 0 Å². The van der Waals surface area contributed by atoms with Crippen molar-refractivity contribution in [2.45, 2.75) is 31.5 Å². The Kier molecular flexibility index (Phi) is 5.16. The van der Waals surface area contributed by atoms with E-state index in [1.807, 2.05) is 25.2 Å². The topological polar surface area (TPSA) is 72.9 Å². The van der Waals surface area contributed by atoms with Crippen molar-refractivity contribution < 1.29 is 14.7 Å². The fraction of sp³-hybridized carbons (Fsp3) is 0.556. The first-order chi connectivity index (χ1) is 11.6. The molecule has 0 bridgehead atoms. The molecule has 3 rings (SSSR count). The maximum Gasteiger partial charge on any atom is 0.239 e. The molecule has 3 atom stereocenters. The van der Waals surface area contributed by atoms with Crippen LogP contribution in [-0.4, -0.2) is 65.5 Å². The Morgan fingerprint density at radius 3 is 2.79 bits per heavy atom. The highest BCUT2D eigenvalue weighted by molar-refractivity contribution is 5.87. The van der Waals surface area contributed by atoms with Crippen LogP contribution < -0.4 is 5.32 Å². The molecule has 1 heterocycles. The number of nitrogens with one attached hydrogen (secondary N) is 1. The zero-order chi connectivity index (χ0) is 17.1. The molecular weight excluding hydrogens is 306 g/mol. The molecule has 0 unspecified atom stereocenters. The molecule has 2 amide bonds. The summed E-state index contributed by atoms with van der Waals surface area (Å²) in [6.45, 7) is 1.87. The van der Waals surface area contributed by atoms with Gasteiger partial charge in [0, 0.05) is 25.7 Å². The van der Waals surface area contributed by atoms with Gasteiger partial charge in [-0.2, -0.15) is 0 Å². The molecule has 1 aromatic rings. The predicted molar refractivity (Wildman–Crippen MR) is 90.0 cm³/mol. The molecule has 1 aliphatic carbocycles. The molecule has 2 N–H and O–H groups in total. The first kappa shape index (κ1) is 16.9. The Hall–Kier alpha value is -1.92. The third-order valence-electron chi connectivity index (χ3n) is 5.09. The lowest BCUT2D eigenvalue weighted by atomic mass is 10.0. The lowest BCUT2D eigenvalue weighted by Gasteiger charge is -2.32. The highest BCUT2D eigenvalue weighted by atomic mass is 16.3. The van der Waals surface area contributed by atoms with E-state index >= 15 is 0 Å². The molecular formula is C18H25N3O3. The van der Waals surface area contributed by atoms with Gasteiger partial charge in [-0.3, -0.25) is 14.5 Å². The van der Waals surface area contributed by atoms with Gasteiger partial charge < -0.3 is 15.3 Å². The summed E-state index contributed by atoms with van der Waals surface area (Å²) in [6, 6.07) is 10.1. The van der Waals surface area contributed by atoms with Crippen molar-refractivity contribution in [2.24, 2.45) is 5.92 Å².